The first kappa shape index (κ1) is 9.52. The maximum absolute atomic E-state index is 6.15. The van der Waals surface area contributed by atoms with E-state index in [1.807, 2.05) is 12.1 Å². The quantitative estimate of drug-likeness (QED) is 0.776. The third-order valence-corrected chi connectivity index (χ3v) is 3.88. The molecule has 2 aliphatic rings. The molecular formula is C12H14BrNO. The first-order chi connectivity index (χ1) is 7.27. The van der Waals surface area contributed by atoms with Gasteiger partial charge in [0.05, 0.1) is 12.2 Å². The lowest BCUT2D eigenvalue weighted by Gasteiger charge is -2.36. The Hall–Kier alpha value is -0.700. The number of hydrogen-bond donors (Lipinski definition) is 1. The summed E-state index contributed by atoms with van der Waals surface area (Å²) in [5, 5.41) is 3.48. The predicted octanol–water partition coefficient (Wildman–Crippen LogP) is 3.57. The third kappa shape index (κ3) is 1.63. The second kappa shape index (κ2) is 3.41. The molecule has 1 aliphatic heterocycles. The molecule has 1 N–H and O–H groups in total. The minimum absolute atomic E-state index is 0.0842. The zero-order valence-corrected chi connectivity index (χ0v) is 10.1. The van der Waals surface area contributed by atoms with Crippen LogP contribution in [0.15, 0.2) is 22.7 Å². The molecule has 80 valence electrons. The van der Waals surface area contributed by atoms with Crippen molar-refractivity contribution in [3.05, 3.63) is 22.7 Å². The predicted molar refractivity (Wildman–Crippen MR) is 64.5 cm³/mol. The Morgan fingerprint density at radius 3 is 2.87 bits per heavy atom. The Morgan fingerprint density at radius 1 is 1.27 bits per heavy atom. The fraction of sp³-hybridized carbons (Fsp3) is 0.500. The van der Waals surface area contributed by atoms with E-state index in [0.29, 0.717) is 0 Å². The van der Waals surface area contributed by atoms with Gasteiger partial charge in [-0.05, 0) is 43.9 Å². The standard InChI is InChI=1S/C12H14BrNO/c13-9-3-4-11-10(7-9)14-8-12(15-11)5-1-2-6-12/h3-4,7,14H,1-2,5-6,8H2. The van der Waals surface area contributed by atoms with Crippen LogP contribution in [0.1, 0.15) is 25.7 Å². The lowest BCUT2D eigenvalue weighted by Crippen LogP contribution is -2.43. The summed E-state index contributed by atoms with van der Waals surface area (Å²) in [6, 6.07) is 6.16. The number of ether oxygens (including phenoxy) is 1. The Kier molecular flexibility index (Phi) is 2.16. The third-order valence-electron chi connectivity index (χ3n) is 3.38. The molecule has 1 heterocycles. The van der Waals surface area contributed by atoms with Gasteiger partial charge in [-0.1, -0.05) is 15.9 Å². The van der Waals surface area contributed by atoms with Crippen molar-refractivity contribution in [2.24, 2.45) is 0 Å². The van der Waals surface area contributed by atoms with Gasteiger partial charge in [-0.25, -0.2) is 0 Å². The van der Waals surface area contributed by atoms with E-state index in [-0.39, 0.29) is 5.60 Å². The molecule has 15 heavy (non-hydrogen) atoms. The van der Waals surface area contributed by atoms with Gasteiger partial charge in [-0.3, -0.25) is 0 Å². The van der Waals surface area contributed by atoms with Crippen LogP contribution in [0.25, 0.3) is 0 Å². The largest absolute Gasteiger partial charge is 0.483 e. The maximum Gasteiger partial charge on any atom is 0.143 e. The van der Waals surface area contributed by atoms with Gasteiger partial charge in [0, 0.05) is 4.47 Å². The Labute approximate surface area is 98.1 Å². The van der Waals surface area contributed by atoms with Gasteiger partial charge in [0.1, 0.15) is 11.4 Å². The smallest absolute Gasteiger partial charge is 0.143 e. The van der Waals surface area contributed by atoms with Crippen molar-refractivity contribution in [3.8, 4) is 5.75 Å². The average Bonchev–Trinajstić information content (AvgIpc) is 2.67. The molecular weight excluding hydrogens is 254 g/mol. The zero-order chi connectivity index (χ0) is 10.3. The molecule has 1 aliphatic carbocycles. The highest BCUT2D eigenvalue weighted by molar-refractivity contribution is 9.10. The van der Waals surface area contributed by atoms with Crippen LogP contribution < -0.4 is 10.1 Å². The van der Waals surface area contributed by atoms with Crippen LogP contribution in [0.5, 0.6) is 5.75 Å². The van der Waals surface area contributed by atoms with Crippen molar-refractivity contribution in [2.75, 3.05) is 11.9 Å². The minimum Gasteiger partial charge on any atom is -0.483 e. The molecule has 0 unspecified atom stereocenters. The summed E-state index contributed by atoms with van der Waals surface area (Å²) in [7, 11) is 0. The first-order valence-electron chi connectivity index (χ1n) is 5.50. The SMILES string of the molecule is Brc1ccc2c(c1)NCC1(CCCC1)O2. The molecule has 0 saturated heterocycles. The van der Waals surface area contributed by atoms with E-state index >= 15 is 0 Å². The van der Waals surface area contributed by atoms with Gasteiger partial charge in [0.25, 0.3) is 0 Å². The lowest BCUT2D eigenvalue weighted by molar-refractivity contribution is 0.0830. The molecule has 0 amide bonds. The molecule has 1 fully saturated rings. The van der Waals surface area contributed by atoms with E-state index < -0.39 is 0 Å². The molecule has 1 aromatic rings. The number of anilines is 1. The maximum atomic E-state index is 6.15. The van der Waals surface area contributed by atoms with Gasteiger partial charge in [0.15, 0.2) is 0 Å². The number of fused-ring (bicyclic) bond motifs is 1. The monoisotopic (exact) mass is 267 g/mol. The fourth-order valence-electron chi connectivity index (χ4n) is 2.55. The average molecular weight is 268 g/mol. The van der Waals surface area contributed by atoms with Crippen LogP contribution in [0.3, 0.4) is 0 Å². The molecule has 0 aromatic heterocycles. The van der Waals surface area contributed by atoms with Crippen LogP contribution in [0.4, 0.5) is 5.69 Å². The Balaban J connectivity index is 1.93. The molecule has 1 saturated carbocycles. The number of hydrogen-bond acceptors (Lipinski definition) is 2. The normalized spacial score (nSPS) is 21.9. The first-order valence-corrected chi connectivity index (χ1v) is 6.29. The van der Waals surface area contributed by atoms with Crippen LogP contribution in [-0.2, 0) is 0 Å². The molecule has 0 atom stereocenters. The van der Waals surface area contributed by atoms with Crippen molar-refractivity contribution in [2.45, 2.75) is 31.3 Å². The van der Waals surface area contributed by atoms with Crippen molar-refractivity contribution in [1.82, 2.24) is 0 Å². The molecule has 1 aromatic carbocycles. The number of nitrogens with one attached hydrogen (secondary N) is 1. The topological polar surface area (TPSA) is 21.3 Å². The molecule has 0 radical (unpaired) electrons. The highest BCUT2D eigenvalue weighted by Gasteiger charge is 2.38. The number of benzene rings is 1. The highest BCUT2D eigenvalue weighted by Crippen LogP contribution is 2.41. The van der Waals surface area contributed by atoms with Gasteiger partial charge >= 0.3 is 0 Å². The summed E-state index contributed by atoms with van der Waals surface area (Å²) in [5.41, 5.74) is 1.20. The summed E-state index contributed by atoms with van der Waals surface area (Å²) >= 11 is 3.47. The lowest BCUT2D eigenvalue weighted by atomic mass is 10.00. The van der Waals surface area contributed by atoms with Crippen LogP contribution in [0.2, 0.25) is 0 Å². The molecule has 3 rings (SSSR count). The summed E-state index contributed by atoms with van der Waals surface area (Å²) in [6.07, 6.45) is 4.98. The van der Waals surface area contributed by atoms with Crippen molar-refractivity contribution < 1.29 is 4.74 Å². The van der Waals surface area contributed by atoms with E-state index in [4.69, 9.17) is 4.74 Å². The minimum atomic E-state index is 0.0842. The van der Waals surface area contributed by atoms with Gasteiger partial charge < -0.3 is 10.1 Å². The van der Waals surface area contributed by atoms with Crippen molar-refractivity contribution >= 4 is 21.6 Å². The zero-order valence-electron chi connectivity index (χ0n) is 8.55. The second-order valence-electron chi connectivity index (χ2n) is 4.49. The Bertz CT molecular complexity index is 385. The highest BCUT2D eigenvalue weighted by atomic mass is 79.9. The summed E-state index contributed by atoms with van der Waals surface area (Å²) in [6.45, 7) is 0.955. The van der Waals surface area contributed by atoms with E-state index in [1.165, 1.54) is 25.7 Å². The second-order valence-corrected chi connectivity index (χ2v) is 5.40. The van der Waals surface area contributed by atoms with Crippen LogP contribution >= 0.6 is 15.9 Å². The Morgan fingerprint density at radius 2 is 2.07 bits per heavy atom. The van der Waals surface area contributed by atoms with Crippen LogP contribution in [-0.4, -0.2) is 12.1 Å². The summed E-state index contributed by atoms with van der Waals surface area (Å²) < 4.78 is 7.25. The fourth-order valence-corrected chi connectivity index (χ4v) is 2.91. The van der Waals surface area contributed by atoms with E-state index in [1.54, 1.807) is 0 Å². The van der Waals surface area contributed by atoms with E-state index in [9.17, 15) is 0 Å². The van der Waals surface area contributed by atoms with E-state index in [2.05, 4.69) is 27.3 Å². The molecule has 3 heteroatoms. The molecule has 1 spiro atoms. The van der Waals surface area contributed by atoms with Crippen molar-refractivity contribution in [1.29, 1.82) is 0 Å². The van der Waals surface area contributed by atoms with Crippen molar-refractivity contribution in [3.63, 3.8) is 0 Å². The number of halogens is 1. The van der Waals surface area contributed by atoms with Gasteiger partial charge in [0.2, 0.25) is 0 Å². The number of rotatable bonds is 0. The van der Waals surface area contributed by atoms with E-state index in [0.717, 1.165) is 22.5 Å². The van der Waals surface area contributed by atoms with Gasteiger partial charge in [-0.15, -0.1) is 0 Å². The summed E-state index contributed by atoms with van der Waals surface area (Å²) in [4.78, 5) is 0. The summed E-state index contributed by atoms with van der Waals surface area (Å²) in [5.74, 6) is 1.01. The van der Waals surface area contributed by atoms with Gasteiger partial charge in [-0.2, -0.15) is 0 Å². The molecule has 2 nitrogen and oxygen atoms in total. The van der Waals surface area contributed by atoms with Crippen LogP contribution in [0, 0.1) is 0 Å². The molecule has 0 bridgehead atoms.